The van der Waals surface area contributed by atoms with Gasteiger partial charge in [0.25, 0.3) is 0 Å². The Morgan fingerprint density at radius 3 is 2.62 bits per heavy atom. The van der Waals surface area contributed by atoms with Crippen molar-refractivity contribution >= 4 is 11.7 Å². The predicted molar refractivity (Wildman–Crippen MR) is 53.2 cm³/mol. The van der Waals surface area contributed by atoms with E-state index in [9.17, 15) is 4.79 Å². The highest BCUT2D eigenvalue weighted by atomic mass is 16.2. The van der Waals surface area contributed by atoms with Crippen molar-refractivity contribution in [3.8, 4) is 0 Å². The van der Waals surface area contributed by atoms with Gasteiger partial charge in [-0.2, -0.15) is 0 Å². The van der Waals surface area contributed by atoms with Crippen molar-refractivity contribution in [1.82, 2.24) is 4.90 Å². The summed E-state index contributed by atoms with van der Waals surface area (Å²) >= 11 is 0. The highest BCUT2D eigenvalue weighted by molar-refractivity contribution is 5.89. The van der Waals surface area contributed by atoms with Crippen LogP contribution in [0.2, 0.25) is 0 Å². The first-order valence-electron chi connectivity index (χ1n) is 4.18. The zero-order chi connectivity index (χ0) is 9.68. The van der Waals surface area contributed by atoms with Crippen molar-refractivity contribution in [1.29, 1.82) is 0 Å². The number of benzene rings is 1. The van der Waals surface area contributed by atoms with Crippen LogP contribution in [0.4, 0.5) is 10.5 Å². The molecule has 13 heavy (non-hydrogen) atoms. The molecule has 1 rings (SSSR count). The molecule has 0 aliphatic heterocycles. The monoisotopic (exact) mass is 177 g/mol. The number of nitrogens with zero attached hydrogens (tertiary/aromatic N) is 1. The van der Waals surface area contributed by atoms with Crippen molar-refractivity contribution in [3.63, 3.8) is 0 Å². The van der Waals surface area contributed by atoms with Crippen LogP contribution in [0.5, 0.6) is 0 Å². The van der Waals surface area contributed by atoms with E-state index in [-0.39, 0.29) is 6.03 Å². The molecule has 0 bridgehead atoms. The second kappa shape index (κ2) is 4.50. The van der Waals surface area contributed by atoms with E-state index >= 15 is 0 Å². The van der Waals surface area contributed by atoms with Gasteiger partial charge in [0.2, 0.25) is 0 Å². The summed E-state index contributed by atoms with van der Waals surface area (Å²) in [7, 11) is 3.57. The van der Waals surface area contributed by atoms with Crippen LogP contribution < -0.4 is 5.32 Å². The Hall–Kier alpha value is -1.51. The van der Waals surface area contributed by atoms with E-state index < -0.39 is 0 Å². The number of anilines is 1. The summed E-state index contributed by atoms with van der Waals surface area (Å²) in [4.78, 5) is 12.7. The Balaban J connectivity index is 2.55. The summed E-state index contributed by atoms with van der Waals surface area (Å²) in [5.41, 5.74) is 0.787. The van der Waals surface area contributed by atoms with Gasteiger partial charge >= 0.3 is 6.03 Å². The van der Waals surface area contributed by atoms with Gasteiger partial charge in [0, 0.05) is 19.3 Å². The maximum absolute atomic E-state index is 11.3. The second-order valence-corrected chi connectivity index (χ2v) is 2.65. The first kappa shape index (κ1) is 9.58. The van der Waals surface area contributed by atoms with E-state index in [4.69, 9.17) is 0 Å². The molecule has 1 aromatic carbocycles. The van der Waals surface area contributed by atoms with Crippen LogP contribution in [-0.2, 0) is 0 Å². The average molecular weight is 177 g/mol. The number of carbonyl (C=O) groups excluding carboxylic acids is 1. The smallest absolute Gasteiger partial charge is 0.321 e. The van der Waals surface area contributed by atoms with Crippen LogP contribution in [0.1, 0.15) is 6.92 Å². The molecule has 0 saturated carbocycles. The van der Waals surface area contributed by atoms with Crippen LogP contribution in [0, 0.1) is 7.05 Å². The predicted octanol–water partition coefficient (Wildman–Crippen LogP) is 2.33. The zero-order valence-electron chi connectivity index (χ0n) is 7.66. The maximum Gasteiger partial charge on any atom is 0.321 e. The maximum atomic E-state index is 11.3. The minimum Gasteiger partial charge on any atom is -0.323 e. The van der Waals surface area contributed by atoms with Gasteiger partial charge in [0.1, 0.15) is 0 Å². The molecule has 69 valence electrons. The largest absolute Gasteiger partial charge is 0.323 e. The van der Waals surface area contributed by atoms with Gasteiger partial charge in [0.05, 0.1) is 0 Å². The lowest BCUT2D eigenvalue weighted by atomic mass is 10.3. The molecule has 0 aliphatic rings. The highest BCUT2D eigenvalue weighted by Crippen LogP contribution is 2.05. The van der Waals surface area contributed by atoms with E-state index in [1.54, 1.807) is 0 Å². The van der Waals surface area contributed by atoms with Gasteiger partial charge in [-0.15, -0.1) is 0 Å². The number of hydrogen-bond acceptors (Lipinski definition) is 1. The molecular weight excluding hydrogens is 164 g/mol. The number of carbonyl (C=O) groups is 1. The molecular formula is C10H13N2O. The fourth-order valence-corrected chi connectivity index (χ4v) is 0.868. The van der Waals surface area contributed by atoms with Crippen molar-refractivity contribution in [2.24, 2.45) is 0 Å². The lowest BCUT2D eigenvalue weighted by molar-refractivity contribution is 0.229. The molecule has 0 fully saturated rings. The van der Waals surface area contributed by atoms with E-state index in [0.29, 0.717) is 6.54 Å². The summed E-state index contributed by atoms with van der Waals surface area (Å²) < 4.78 is 0. The van der Waals surface area contributed by atoms with Gasteiger partial charge < -0.3 is 10.2 Å². The summed E-state index contributed by atoms with van der Waals surface area (Å²) in [5.74, 6) is 0. The van der Waals surface area contributed by atoms with Gasteiger partial charge in [-0.1, -0.05) is 18.2 Å². The van der Waals surface area contributed by atoms with Crippen LogP contribution in [0.15, 0.2) is 30.3 Å². The fourth-order valence-electron chi connectivity index (χ4n) is 0.868. The number of amides is 2. The van der Waals surface area contributed by atoms with Crippen molar-refractivity contribution in [2.75, 3.05) is 11.9 Å². The standard InChI is InChI=1S/C10H13N2O/c1-3-12(2)10(13)11-9-7-5-4-6-8-9/h4-8H,2-3H2,1H3,(H,11,13). The molecule has 0 unspecified atom stereocenters. The average Bonchev–Trinajstić information content (AvgIpc) is 2.18. The SMILES string of the molecule is [CH2]N(CC)C(=O)Nc1ccccc1. The Morgan fingerprint density at radius 2 is 2.08 bits per heavy atom. The third-order valence-corrected chi connectivity index (χ3v) is 1.69. The van der Waals surface area contributed by atoms with E-state index in [0.717, 1.165) is 5.69 Å². The van der Waals surface area contributed by atoms with E-state index in [2.05, 4.69) is 12.4 Å². The first-order chi connectivity index (χ1) is 6.24. The quantitative estimate of drug-likeness (QED) is 0.738. The van der Waals surface area contributed by atoms with E-state index in [1.165, 1.54) is 4.90 Å². The number of urea groups is 1. The van der Waals surface area contributed by atoms with Crippen LogP contribution >= 0.6 is 0 Å². The first-order valence-corrected chi connectivity index (χ1v) is 4.18. The molecule has 3 heteroatoms. The molecule has 2 amide bonds. The van der Waals surface area contributed by atoms with Gasteiger partial charge in [-0.3, -0.25) is 0 Å². The Labute approximate surface area is 78.4 Å². The number of rotatable bonds is 2. The highest BCUT2D eigenvalue weighted by Gasteiger charge is 2.04. The Morgan fingerprint density at radius 1 is 1.46 bits per heavy atom. The lowest BCUT2D eigenvalue weighted by Crippen LogP contribution is -2.29. The topological polar surface area (TPSA) is 32.3 Å². The van der Waals surface area contributed by atoms with Gasteiger partial charge in [-0.25, -0.2) is 4.79 Å². The van der Waals surface area contributed by atoms with Crippen LogP contribution in [0.25, 0.3) is 0 Å². The van der Waals surface area contributed by atoms with E-state index in [1.807, 2.05) is 37.3 Å². The van der Waals surface area contributed by atoms with Crippen LogP contribution in [0.3, 0.4) is 0 Å². The normalized spacial score (nSPS) is 9.38. The number of para-hydroxylation sites is 1. The molecule has 0 aliphatic carbocycles. The summed E-state index contributed by atoms with van der Waals surface area (Å²) in [5, 5.41) is 2.72. The molecule has 0 atom stereocenters. The second-order valence-electron chi connectivity index (χ2n) is 2.65. The number of hydrogen-bond donors (Lipinski definition) is 1. The fraction of sp³-hybridized carbons (Fsp3) is 0.200. The van der Waals surface area contributed by atoms with Gasteiger partial charge in [0.15, 0.2) is 0 Å². The third-order valence-electron chi connectivity index (χ3n) is 1.69. The Bertz CT molecular complexity index is 272. The molecule has 0 saturated heterocycles. The molecule has 3 nitrogen and oxygen atoms in total. The molecule has 0 heterocycles. The van der Waals surface area contributed by atoms with Crippen molar-refractivity contribution in [2.45, 2.75) is 6.92 Å². The molecule has 0 aromatic heterocycles. The minimum atomic E-state index is -0.186. The molecule has 1 radical (unpaired) electrons. The Kier molecular flexibility index (Phi) is 3.31. The summed E-state index contributed by atoms with van der Waals surface area (Å²) in [6.07, 6.45) is 0. The molecule has 1 aromatic rings. The zero-order valence-corrected chi connectivity index (χ0v) is 7.66. The van der Waals surface area contributed by atoms with Crippen LogP contribution in [-0.4, -0.2) is 17.5 Å². The number of nitrogens with one attached hydrogen (secondary N) is 1. The summed E-state index contributed by atoms with van der Waals surface area (Å²) in [6.45, 7) is 2.47. The summed E-state index contributed by atoms with van der Waals surface area (Å²) in [6, 6.07) is 9.12. The minimum absolute atomic E-state index is 0.186. The molecule has 1 N–H and O–H groups in total. The van der Waals surface area contributed by atoms with Crippen molar-refractivity contribution in [3.05, 3.63) is 37.4 Å². The molecule has 0 spiro atoms. The third kappa shape index (κ3) is 2.78. The lowest BCUT2D eigenvalue weighted by Gasteiger charge is -2.14. The van der Waals surface area contributed by atoms with Crippen molar-refractivity contribution < 1.29 is 4.79 Å². The van der Waals surface area contributed by atoms with Gasteiger partial charge in [-0.05, 0) is 19.1 Å².